The Morgan fingerprint density at radius 3 is 3.00 bits per heavy atom. The SMILES string of the molecule is CN1CCC2Cc3ccncc3C21.Cl.Cl. The van der Waals surface area contributed by atoms with Crippen molar-refractivity contribution in [1.82, 2.24) is 9.88 Å². The molecule has 1 aliphatic carbocycles. The van der Waals surface area contributed by atoms with Crippen molar-refractivity contribution in [3.05, 3.63) is 29.6 Å². The molecule has 0 radical (unpaired) electrons. The van der Waals surface area contributed by atoms with E-state index in [9.17, 15) is 0 Å². The zero-order chi connectivity index (χ0) is 8.84. The zero-order valence-corrected chi connectivity index (χ0v) is 10.4. The Kier molecular flexibility index (Phi) is 3.99. The number of fused-ring (bicyclic) bond motifs is 3. The summed E-state index contributed by atoms with van der Waals surface area (Å²) in [6.07, 6.45) is 6.60. The third-order valence-electron chi connectivity index (χ3n) is 3.52. The number of likely N-dealkylation sites (tertiary alicyclic amines) is 1. The third kappa shape index (κ3) is 1.86. The summed E-state index contributed by atoms with van der Waals surface area (Å²) in [5, 5.41) is 0. The second-order valence-corrected chi connectivity index (χ2v) is 4.25. The number of aromatic nitrogens is 1. The number of pyridine rings is 1. The average Bonchev–Trinajstić information content (AvgIpc) is 2.66. The summed E-state index contributed by atoms with van der Waals surface area (Å²) < 4.78 is 0. The molecular weight excluding hydrogens is 231 g/mol. The van der Waals surface area contributed by atoms with Crippen LogP contribution in [0.1, 0.15) is 23.6 Å². The number of halogens is 2. The predicted molar refractivity (Wildman–Crippen MR) is 65.9 cm³/mol. The monoisotopic (exact) mass is 246 g/mol. The van der Waals surface area contributed by atoms with Gasteiger partial charge in [0.2, 0.25) is 0 Å². The number of hydrogen-bond acceptors (Lipinski definition) is 2. The lowest BCUT2D eigenvalue weighted by Crippen LogP contribution is -2.18. The maximum Gasteiger partial charge on any atom is 0.0394 e. The van der Waals surface area contributed by atoms with Crippen molar-refractivity contribution in [1.29, 1.82) is 0 Å². The van der Waals surface area contributed by atoms with Crippen molar-refractivity contribution >= 4 is 24.8 Å². The highest BCUT2D eigenvalue weighted by Gasteiger charge is 2.39. The van der Waals surface area contributed by atoms with Crippen molar-refractivity contribution in [3.63, 3.8) is 0 Å². The summed E-state index contributed by atoms with van der Waals surface area (Å²) in [4.78, 5) is 6.69. The van der Waals surface area contributed by atoms with E-state index in [1.807, 2.05) is 6.20 Å². The molecule has 2 nitrogen and oxygen atoms in total. The fraction of sp³-hybridized carbons (Fsp3) is 0.545. The van der Waals surface area contributed by atoms with Crippen LogP contribution in [0.15, 0.2) is 18.5 Å². The Morgan fingerprint density at radius 1 is 1.40 bits per heavy atom. The second kappa shape index (κ2) is 4.69. The van der Waals surface area contributed by atoms with Crippen molar-refractivity contribution in [3.8, 4) is 0 Å². The van der Waals surface area contributed by atoms with Gasteiger partial charge < -0.3 is 0 Å². The molecule has 2 atom stereocenters. The largest absolute Gasteiger partial charge is 0.299 e. The van der Waals surface area contributed by atoms with Crippen LogP contribution in [0.2, 0.25) is 0 Å². The number of rotatable bonds is 0. The molecular formula is C11H16Cl2N2. The molecule has 0 saturated carbocycles. The average molecular weight is 247 g/mol. The standard InChI is InChI=1S/C11H14N2.2ClH/c1-13-5-3-9-6-8-2-4-12-7-10(8)11(9)13;;/h2,4,7,9,11H,3,5-6H2,1H3;2*1H. The first-order valence-electron chi connectivity index (χ1n) is 4.99. The summed E-state index contributed by atoms with van der Waals surface area (Å²) >= 11 is 0. The van der Waals surface area contributed by atoms with Crippen LogP contribution in [-0.4, -0.2) is 23.5 Å². The van der Waals surface area contributed by atoms with Crippen molar-refractivity contribution in [2.75, 3.05) is 13.6 Å². The summed E-state index contributed by atoms with van der Waals surface area (Å²) in [6, 6.07) is 2.85. The molecule has 1 aromatic rings. The van der Waals surface area contributed by atoms with Crippen LogP contribution in [0, 0.1) is 5.92 Å². The van der Waals surface area contributed by atoms with E-state index in [2.05, 4.69) is 29.2 Å². The molecule has 1 saturated heterocycles. The molecule has 2 aliphatic rings. The topological polar surface area (TPSA) is 16.1 Å². The van der Waals surface area contributed by atoms with E-state index in [1.54, 1.807) is 0 Å². The minimum absolute atomic E-state index is 0. The van der Waals surface area contributed by atoms with Gasteiger partial charge in [0.25, 0.3) is 0 Å². The summed E-state index contributed by atoms with van der Waals surface area (Å²) in [5.74, 6) is 0.865. The Labute approximate surface area is 103 Å². The molecule has 0 N–H and O–H groups in total. The van der Waals surface area contributed by atoms with Gasteiger partial charge in [-0.15, -0.1) is 24.8 Å². The van der Waals surface area contributed by atoms with Crippen LogP contribution in [0.3, 0.4) is 0 Å². The van der Waals surface area contributed by atoms with E-state index in [4.69, 9.17) is 0 Å². The Hall–Kier alpha value is -0.310. The molecule has 2 heterocycles. The third-order valence-corrected chi connectivity index (χ3v) is 3.52. The van der Waals surface area contributed by atoms with E-state index in [0.717, 1.165) is 5.92 Å². The fourth-order valence-electron chi connectivity index (χ4n) is 2.90. The molecule has 3 rings (SSSR count). The second-order valence-electron chi connectivity index (χ2n) is 4.25. The quantitative estimate of drug-likeness (QED) is 0.700. The molecule has 1 fully saturated rings. The highest BCUT2D eigenvalue weighted by atomic mass is 35.5. The highest BCUT2D eigenvalue weighted by Crippen LogP contribution is 2.44. The van der Waals surface area contributed by atoms with Crippen LogP contribution in [0.5, 0.6) is 0 Å². The van der Waals surface area contributed by atoms with Crippen molar-refractivity contribution in [2.45, 2.75) is 18.9 Å². The molecule has 0 amide bonds. The van der Waals surface area contributed by atoms with E-state index in [-0.39, 0.29) is 24.8 Å². The summed E-state index contributed by atoms with van der Waals surface area (Å²) in [5.41, 5.74) is 3.00. The molecule has 0 bridgehead atoms. The first kappa shape index (κ1) is 12.8. The molecule has 15 heavy (non-hydrogen) atoms. The van der Waals surface area contributed by atoms with Gasteiger partial charge in [-0.05, 0) is 49.5 Å². The van der Waals surface area contributed by atoms with Crippen LogP contribution >= 0.6 is 24.8 Å². The van der Waals surface area contributed by atoms with Crippen molar-refractivity contribution in [2.24, 2.45) is 5.92 Å². The van der Waals surface area contributed by atoms with Gasteiger partial charge in [-0.25, -0.2) is 0 Å². The van der Waals surface area contributed by atoms with Crippen LogP contribution in [0.4, 0.5) is 0 Å². The minimum Gasteiger partial charge on any atom is -0.299 e. The smallest absolute Gasteiger partial charge is 0.0394 e. The molecule has 0 spiro atoms. The number of nitrogens with zero attached hydrogens (tertiary/aromatic N) is 2. The van der Waals surface area contributed by atoms with Crippen molar-refractivity contribution < 1.29 is 0 Å². The van der Waals surface area contributed by atoms with Gasteiger partial charge in [0, 0.05) is 18.4 Å². The lowest BCUT2D eigenvalue weighted by atomic mass is 10.0. The molecule has 1 aromatic heterocycles. The zero-order valence-electron chi connectivity index (χ0n) is 8.72. The molecule has 4 heteroatoms. The van der Waals surface area contributed by atoms with Crippen LogP contribution < -0.4 is 0 Å². The van der Waals surface area contributed by atoms with Gasteiger partial charge in [-0.3, -0.25) is 9.88 Å². The van der Waals surface area contributed by atoms with Gasteiger partial charge in [0.05, 0.1) is 0 Å². The van der Waals surface area contributed by atoms with E-state index in [1.165, 1.54) is 30.5 Å². The maximum absolute atomic E-state index is 4.22. The van der Waals surface area contributed by atoms with Crippen LogP contribution in [-0.2, 0) is 6.42 Å². The summed E-state index contributed by atoms with van der Waals surface area (Å²) in [6.45, 7) is 1.25. The van der Waals surface area contributed by atoms with E-state index < -0.39 is 0 Å². The normalized spacial score (nSPS) is 27.5. The van der Waals surface area contributed by atoms with E-state index >= 15 is 0 Å². The first-order chi connectivity index (χ1) is 6.36. The number of hydrogen-bond donors (Lipinski definition) is 0. The lowest BCUT2D eigenvalue weighted by molar-refractivity contribution is 0.292. The van der Waals surface area contributed by atoms with Gasteiger partial charge in [0.1, 0.15) is 0 Å². The Morgan fingerprint density at radius 2 is 2.20 bits per heavy atom. The van der Waals surface area contributed by atoms with Gasteiger partial charge in [0.15, 0.2) is 0 Å². The summed E-state index contributed by atoms with van der Waals surface area (Å²) in [7, 11) is 2.23. The van der Waals surface area contributed by atoms with Gasteiger partial charge >= 0.3 is 0 Å². The first-order valence-corrected chi connectivity index (χ1v) is 4.99. The van der Waals surface area contributed by atoms with E-state index in [0.29, 0.717) is 6.04 Å². The van der Waals surface area contributed by atoms with Crippen LogP contribution in [0.25, 0.3) is 0 Å². The lowest BCUT2D eigenvalue weighted by Gasteiger charge is -2.18. The molecule has 84 valence electrons. The fourth-order valence-corrected chi connectivity index (χ4v) is 2.90. The minimum atomic E-state index is 0. The highest BCUT2D eigenvalue weighted by molar-refractivity contribution is 5.85. The predicted octanol–water partition coefficient (Wildman–Crippen LogP) is 2.47. The molecule has 2 unspecified atom stereocenters. The molecule has 0 aromatic carbocycles. The maximum atomic E-state index is 4.22. The van der Waals surface area contributed by atoms with Gasteiger partial charge in [-0.2, -0.15) is 0 Å². The Balaban J connectivity index is 0.000000562. The molecule has 1 aliphatic heterocycles. The Bertz CT molecular complexity index is 343. The van der Waals surface area contributed by atoms with Gasteiger partial charge in [-0.1, -0.05) is 0 Å².